The summed E-state index contributed by atoms with van der Waals surface area (Å²) in [4.78, 5) is 0. The van der Waals surface area contributed by atoms with Crippen molar-refractivity contribution in [2.45, 2.75) is 33.0 Å². The molecular weight excluding hydrogens is 152 g/mol. The number of hydrogen-bond acceptors (Lipinski definition) is 2. The summed E-state index contributed by atoms with van der Waals surface area (Å²) in [5.74, 6) is 2.15. The highest BCUT2D eigenvalue weighted by molar-refractivity contribution is 4.83. The summed E-state index contributed by atoms with van der Waals surface area (Å²) in [7, 11) is 0. The van der Waals surface area contributed by atoms with Gasteiger partial charge in [-0.05, 0) is 24.7 Å². The van der Waals surface area contributed by atoms with Crippen LogP contribution in [0.2, 0.25) is 0 Å². The Morgan fingerprint density at radius 3 is 2.83 bits per heavy atom. The van der Waals surface area contributed by atoms with E-state index in [4.69, 9.17) is 9.47 Å². The molecule has 2 heteroatoms. The van der Waals surface area contributed by atoms with Crippen molar-refractivity contribution >= 4 is 0 Å². The zero-order valence-corrected chi connectivity index (χ0v) is 7.95. The van der Waals surface area contributed by atoms with E-state index in [1.807, 2.05) is 0 Å². The van der Waals surface area contributed by atoms with E-state index in [2.05, 4.69) is 13.8 Å². The molecule has 2 heterocycles. The summed E-state index contributed by atoms with van der Waals surface area (Å²) in [5, 5.41) is 0. The molecule has 0 aromatic heterocycles. The number of ether oxygens (including phenoxy) is 2. The Hall–Kier alpha value is -0.0800. The fraction of sp³-hybridized carbons (Fsp3) is 1.00. The highest BCUT2D eigenvalue weighted by Gasteiger charge is 2.40. The van der Waals surface area contributed by atoms with E-state index in [0.29, 0.717) is 5.92 Å². The molecule has 0 spiro atoms. The summed E-state index contributed by atoms with van der Waals surface area (Å²) in [5.41, 5.74) is 0. The van der Waals surface area contributed by atoms with E-state index < -0.39 is 0 Å². The molecule has 0 aliphatic carbocycles. The minimum atomic E-state index is 0.131. The standard InChI is InChI=1S/C10H18O2/c1-7(2)9-6-12-10-8(9)4-3-5-11-10/h7-10H,3-6H2,1-2H3/t8?,9-,10?/m0/s1. The van der Waals surface area contributed by atoms with Gasteiger partial charge in [0.05, 0.1) is 6.61 Å². The van der Waals surface area contributed by atoms with Crippen molar-refractivity contribution in [1.29, 1.82) is 0 Å². The molecule has 2 unspecified atom stereocenters. The van der Waals surface area contributed by atoms with Gasteiger partial charge in [-0.15, -0.1) is 0 Å². The Bertz CT molecular complexity index is 156. The third-order valence-electron chi connectivity index (χ3n) is 3.17. The predicted octanol–water partition coefficient (Wildman–Crippen LogP) is 2.04. The second kappa shape index (κ2) is 3.35. The SMILES string of the molecule is CC(C)[C@@H]1COC2OCCCC21. The van der Waals surface area contributed by atoms with Gasteiger partial charge in [0.25, 0.3) is 0 Å². The number of rotatable bonds is 1. The maximum atomic E-state index is 5.61. The molecule has 0 saturated carbocycles. The van der Waals surface area contributed by atoms with E-state index in [1.165, 1.54) is 12.8 Å². The first-order chi connectivity index (χ1) is 5.79. The predicted molar refractivity (Wildman–Crippen MR) is 46.7 cm³/mol. The average molecular weight is 170 g/mol. The topological polar surface area (TPSA) is 18.5 Å². The first kappa shape index (κ1) is 8.52. The second-order valence-corrected chi connectivity index (χ2v) is 4.29. The van der Waals surface area contributed by atoms with Gasteiger partial charge in [0.1, 0.15) is 0 Å². The van der Waals surface area contributed by atoms with Crippen LogP contribution in [0.4, 0.5) is 0 Å². The lowest BCUT2D eigenvalue weighted by Gasteiger charge is -2.28. The molecule has 0 N–H and O–H groups in total. The van der Waals surface area contributed by atoms with Gasteiger partial charge in [0.2, 0.25) is 0 Å². The molecule has 70 valence electrons. The van der Waals surface area contributed by atoms with Crippen molar-refractivity contribution in [1.82, 2.24) is 0 Å². The Labute approximate surface area is 74.2 Å². The minimum Gasteiger partial charge on any atom is -0.352 e. The van der Waals surface area contributed by atoms with Crippen LogP contribution in [0, 0.1) is 17.8 Å². The maximum absolute atomic E-state index is 5.61. The third kappa shape index (κ3) is 1.38. The van der Waals surface area contributed by atoms with E-state index in [1.54, 1.807) is 0 Å². The van der Waals surface area contributed by atoms with E-state index in [9.17, 15) is 0 Å². The lowest BCUT2D eigenvalue weighted by Crippen LogP contribution is -2.30. The molecule has 0 bridgehead atoms. The van der Waals surface area contributed by atoms with Gasteiger partial charge in [-0.1, -0.05) is 13.8 Å². The van der Waals surface area contributed by atoms with Gasteiger partial charge in [-0.25, -0.2) is 0 Å². The first-order valence-electron chi connectivity index (χ1n) is 5.02. The maximum Gasteiger partial charge on any atom is 0.160 e. The third-order valence-corrected chi connectivity index (χ3v) is 3.17. The quantitative estimate of drug-likeness (QED) is 0.599. The van der Waals surface area contributed by atoms with E-state index in [-0.39, 0.29) is 6.29 Å². The molecule has 0 amide bonds. The molecule has 12 heavy (non-hydrogen) atoms. The molecule has 0 aromatic rings. The summed E-state index contributed by atoms with van der Waals surface area (Å²) in [6.45, 7) is 6.37. The highest BCUT2D eigenvalue weighted by Crippen LogP contribution is 2.38. The molecule has 2 nitrogen and oxygen atoms in total. The Morgan fingerprint density at radius 2 is 2.08 bits per heavy atom. The zero-order chi connectivity index (χ0) is 8.55. The van der Waals surface area contributed by atoms with Crippen LogP contribution in [0.15, 0.2) is 0 Å². The van der Waals surface area contributed by atoms with Crippen molar-refractivity contribution < 1.29 is 9.47 Å². The van der Waals surface area contributed by atoms with Crippen LogP contribution >= 0.6 is 0 Å². The van der Waals surface area contributed by atoms with Gasteiger partial charge in [-0.3, -0.25) is 0 Å². The largest absolute Gasteiger partial charge is 0.352 e. The fourth-order valence-corrected chi connectivity index (χ4v) is 2.38. The van der Waals surface area contributed by atoms with Crippen molar-refractivity contribution in [3.63, 3.8) is 0 Å². The molecule has 2 aliphatic heterocycles. The van der Waals surface area contributed by atoms with Crippen molar-refractivity contribution in [3.05, 3.63) is 0 Å². The van der Waals surface area contributed by atoms with Crippen molar-refractivity contribution in [2.75, 3.05) is 13.2 Å². The van der Waals surface area contributed by atoms with Gasteiger partial charge in [0, 0.05) is 12.5 Å². The highest BCUT2D eigenvalue weighted by atomic mass is 16.7. The van der Waals surface area contributed by atoms with Crippen LogP contribution in [0.3, 0.4) is 0 Å². The fourth-order valence-electron chi connectivity index (χ4n) is 2.38. The van der Waals surface area contributed by atoms with Crippen LogP contribution in [0.1, 0.15) is 26.7 Å². The Morgan fingerprint density at radius 1 is 1.25 bits per heavy atom. The Kier molecular flexibility index (Phi) is 2.37. The first-order valence-corrected chi connectivity index (χ1v) is 5.02. The van der Waals surface area contributed by atoms with Gasteiger partial charge < -0.3 is 9.47 Å². The van der Waals surface area contributed by atoms with Crippen LogP contribution in [0.25, 0.3) is 0 Å². The monoisotopic (exact) mass is 170 g/mol. The van der Waals surface area contributed by atoms with E-state index >= 15 is 0 Å². The van der Waals surface area contributed by atoms with Crippen LogP contribution in [0.5, 0.6) is 0 Å². The molecular formula is C10H18O2. The van der Waals surface area contributed by atoms with Crippen LogP contribution < -0.4 is 0 Å². The molecule has 2 aliphatic rings. The normalized spacial score (nSPS) is 41.8. The number of hydrogen-bond donors (Lipinski definition) is 0. The van der Waals surface area contributed by atoms with Crippen LogP contribution in [-0.4, -0.2) is 19.5 Å². The smallest absolute Gasteiger partial charge is 0.160 e. The molecule has 2 fully saturated rings. The molecule has 2 saturated heterocycles. The summed E-state index contributed by atoms with van der Waals surface area (Å²) in [6.07, 6.45) is 2.65. The minimum absolute atomic E-state index is 0.131. The summed E-state index contributed by atoms with van der Waals surface area (Å²) in [6, 6.07) is 0. The lowest BCUT2D eigenvalue weighted by atomic mass is 9.82. The molecule has 3 atom stereocenters. The van der Waals surface area contributed by atoms with Gasteiger partial charge in [-0.2, -0.15) is 0 Å². The average Bonchev–Trinajstić information content (AvgIpc) is 2.47. The lowest BCUT2D eigenvalue weighted by molar-refractivity contribution is -0.151. The van der Waals surface area contributed by atoms with Crippen LogP contribution in [-0.2, 0) is 9.47 Å². The van der Waals surface area contributed by atoms with E-state index in [0.717, 1.165) is 25.0 Å². The molecule has 0 aromatic carbocycles. The summed E-state index contributed by atoms with van der Waals surface area (Å²) >= 11 is 0. The zero-order valence-electron chi connectivity index (χ0n) is 7.95. The van der Waals surface area contributed by atoms with Gasteiger partial charge in [0.15, 0.2) is 6.29 Å². The molecule has 2 rings (SSSR count). The molecule has 0 radical (unpaired) electrons. The van der Waals surface area contributed by atoms with Crippen molar-refractivity contribution in [2.24, 2.45) is 17.8 Å². The summed E-state index contributed by atoms with van der Waals surface area (Å²) < 4.78 is 11.2. The van der Waals surface area contributed by atoms with Gasteiger partial charge >= 0.3 is 0 Å². The Balaban J connectivity index is 2.01. The van der Waals surface area contributed by atoms with Crippen molar-refractivity contribution in [3.8, 4) is 0 Å². The number of fused-ring (bicyclic) bond motifs is 1. The second-order valence-electron chi connectivity index (χ2n) is 4.29.